The van der Waals surface area contributed by atoms with Gasteiger partial charge in [-0.25, -0.2) is 13.1 Å². The summed E-state index contributed by atoms with van der Waals surface area (Å²) in [5.74, 6) is 0.266. The van der Waals surface area contributed by atoms with Gasteiger partial charge in [0.05, 0.1) is 11.4 Å². The van der Waals surface area contributed by atoms with Crippen LogP contribution < -0.4 is 10.5 Å². The summed E-state index contributed by atoms with van der Waals surface area (Å²) in [6, 6.07) is 3.16. The molecule has 1 aromatic heterocycles. The van der Waals surface area contributed by atoms with E-state index in [1.165, 1.54) is 6.07 Å². The highest BCUT2D eigenvalue weighted by atomic mass is 32.2. The SMILES string of the molecule is Cc1cc(N)cc(S(=O)(=O)NCc2nn[nH]n2)c1C. The van der Waals surface area contributed by atoms with Crippen molar-refractivity contribution in [2.75, 3.05) is 5.73 Å². The van der Waals surface area contributed by atoms with E-state index in [0.717, 1.165) is 5.56 Å². The molecular formula is C10H14N6O2S. The molecule has 102 valence electrons. The van der Waals surface area contributed by atoms with Gasteiger partial charge in [-0.15, -0.1) is 10.2 Å². The normalized spacial score (nSPS) is 11.7. The first-order valence-corrected chi connectivity index (χ1v) is 6.97. The molecule has 0 amide bonds. The van der Waals surface area contributed by atoms with Gasteiger partial charge < -0.3 is 5.73 Å². The number of hydrogen-bond donors (Lipinski definition) is 3. The predicted octanol–water partition coefficient (Wildman–Crippen LogP) is -0.123. The van der Waals surface area contributed by atoms with E-state index in [9.17, 15) is 8.42 Å². The zero-order valence-electron chi connectivity index (χ0n) is 10.5. The maximum Gasteiger partial charge on any atom is 0.241 e. The van der Waals surface area contributed by atoms with Gasteiger partial charge in [0.15, 0.2) is 5.82 Å². The van der Waals surface area contributed by atoms with E-state index in [-0.39, 0.29) is 17.3 Å². The van der Waals surface area contributed by atoms with E-state index in [1.807, 2.05) is 6.92 Å². The number of nitrogens with one attached hydrogen (secondary N) is 2. The van der Waals surface area contributed by atoms with Crippen LogP contribution in [0.4, 0.5) is 5.69 Å². The van der Waals surface area contributed by atoms with Gasteiger partial charge in [-0.05, 0) is 37.1 Å². The largest absolute Gasteiger partial charge is 0.399 e. The van der Waals surface area contributed by atoms with E-state index in [0.29, 0.717) is 11.3 Å². The fraction of sp³-hybridized carbons (Fsp3) is 0.300. The molecule has 0 atom stereocenters. The van der Waals surface area contributed by atoms with Crippen LogP contribution in [-0.2, 0) is 16.6 Å². The second-order valence-electron chi connectivity index (χ2n) is 4.11. The molecule has 0 aliphatic carbocycles. The molecule has 9 heteroatoms. The predicted molar refractivity (Wildman–Crippen MR) is 68.5 cm³/mol. The van der Waals surface area contributed by atoms with Crippen LogP contribution in [0.15, 0.2) is 17.0 Å². The summed E-state index contributed by atoms with van der Waals surface area (Å²) in [7, 11) is -3.66. The minimum absolute atomic E-state index is 0.0356. The van der Waals surface area contributed by atoms with E-state index < -0.39 is 10.0 Å². The van der Waals surface area contributed by atoms with Crippen molar-refractivity contribution in [3.05, 3.63) is 29.1 Å². The first-order valence-electron chi connectivity index (χ1n) is 5.49. The Balaban J connectivity index is 2.29. The van der Waals surface area contributed by atoms with Gasteiger partial charge >= 0.3 is 0 Å². The fourth-order valence-corrected chi connectivity index (χ4v) is 2.96. The van der Waals surface area contributed by atoms with Crippen LogP contribution in [-0.4, -0.2) is 29.0 Å². The molecular weight excluding hydrogens is 268 g/mol. The number of H-pyrrole nitrogens is 1. The van der Waals surface area contributed by atoms with Gasteiger partial charge in [0.2, 0.25) is 10.0 Å². The second kappa shape index (κ2) is 4.94. The van der Waals surface area contributed by atoms with Crippen molar-refractivity contribution in [2.45, 2.75) is 25.3 Å². The van der Waals surface area contributed by atoms with Gasteiger partial charge in [0.25, 0.3) is 0 Å². The lowest BCUT2D eigenvalue weighted by molar-refractivity contribution is 0.578. The molecule has 0 bridgehead atoms. The van der Waals surface area contributed by atoms with Crippen molar-refractivity contribution in [2.24, 2.45) is 0 Å². The lowest BCUT2D eigenvalue weighted by Crippen LogP contribution is -2.25. The van der Waals surface area contributed by atoms with Gasteiger partial charge in [-0.2, -0.15) is 5.21 Å². The topological polar surface area (TPSA) is 127 Å². The Morgan fingerprint density at radius 3 is 2.74 bits per heavy atom. The zero-order chi connectivity index (χ0) is 14.0. The van der Waals surface area contributed by atoms with Crippen LogP contribution >= 0.6 is 0 Å². The number of nitrogens with zero attached hydrogens (tertiary/aromatic N) is 3. The van der Waals surface area contributed by atoms with Crippen molar-refractivity contribution in [3.8, 4) is 0 Å². The second-order valence-corrected chi connectivity index (χ2v) is 5.85. The molecule has 0 saturated heterocycles. The smallest absolute Gasteiger partial charge is 0.241 e. The van der Waals surface area contributed by atoms with Crippen LogP contribution in [0.25, 0.3) is 0 Å². The molecule has 0 aliphatic heterocycles. The van der Waals surface area contributed by atoms with Crippen molar-refractivity contribution < 1.29 is 8.42 Å². The molecule has 0 saturated carbocycles. The molecule has 1 aromatic carbocycles. The fourth-order valence-electron chi connectivity index (χ4n) is 1.63. The molecule has 0 spiro atoms. The molecule has 0 unspecified atom stereocenters. The van der Waals surface area contributed by atoms with Gasteiger partial charge in [-0.3, -0.25) is 0 Å². The Bertz CT molecular complexity index is 680. The number of sulfonamides is 1. The average Bonchev–Trinajstić information content (AvgIpc) is 2.84. The molecule has 1 heterocycles. The van der Waals surface area contributed by atoms with Crippen molar-refractivity contribution in [1.29, 1.82) is 0 Å². The molecule has 19 heavy (non-hydrogen) atoms. The Kier molecular flexibility index (Phi) is 3.49. The third-order valence-corrected chi connectivity index (χ3v) is 4.27. The lowest BCUT2D eigenvalue weighted by Gasteiger charge is -2.11. The summed E-state index contributed by atoms with van der Waals surface area (Å²) < 4.78 is 26.8. The van der Waals surface area contributed by atoms with Crippen LogP contribution in [0.3, 0.4) is 0 Å². The van der Waals surface area contributed by atoms with Crippen LogP contribution in [0.1, 0.15) is 17.0 Å². The Morgan fingerprint density at radius 1 is 1.37 bits per heavy atom. The zero-order valence-corrected chi connectivity index (χ0v) is 11.3. The highest BCUT2D eigenvalue weighted by molar-refractivity contribution is 7.89. The highest BCUT2D eigenvalue weighted by Gasteiger charge is 2.19. The summed E-state index contributed by atoms with van der Waals surface area (Å²) >= 11 is 0. The maximum atomic E-state index is 12.2. The summed E-state index contributed by atoms with van der Waals surface area (Å²) in [5.41, 5.74) is 7.57. The van der Waals surface area contributed by atoms with E-state index in [1.54, 1.807) is 13.0 Å². The Hall–Kier alpha value is -2.00. The third-order valence-electron chi connectivity index (χ3n) is 2.74. The van der Waals surface area contributed by atoms with E-state index in [2.05, 4.69) is 25.3 Å². The third kappa shape index (κ3) is 2.88. The number of aromatic amines is 1. The summed E-state index contributed by atoms with van der Waals surface area (Å²) in [5, 5.41) is 12.9. The number of hydrogen-bond acceptors (Lipinski definition) is 6. The number of nitrogen functional groups attached to an aromatic ring is 1. The molecule has 4 N–H and O–H groups in total. The number of aromatic nitrogens is 4. The molecule has 0 radical (unpaired) electrons. The molecule has 0 fully saturated rings. The number of benzene rings is 1. The monoisotopic (exact) mass is 282 g/mol. The molecule has 2 aromatic rings. The number of tetrazole rings is 1. The first-order chi connectivity index (χ1) is 8.90. The standard InChI is InChI=1S/C10H14N6O2S/c1-6-3-8(11)4-9(7(6)2)19(17,18)12-5-10-13-15-16-14-10/h3-4,12H,5,11H2,1-2H3,(H,13,14,15,16). The van der Waals surface area contributed by atoms with Gasteiger partial charge in [0.1, 0.15) is 0 Å². The maximum absolute atomic E-state index is 12.2. The number of anilines is 1. The Labute approximate surface area is 110 Å². The van der Waals surface area contributed by atoms with Crippen LogP contribution in [0, 0.1) is 13.8 Å². The van der Waals surface area contributed by atoms with Gasteiger partial charge in [-0.1, -0.05) is 5.21 Å². The summed E-state index contributed by atoms with van der Waals surface area (Å²) in [6.45, 7) is 3.51. The first kappa shape index (κ1) is 13.4. The van der Waals surface area contributed by atoms with Crippen LogP contribution in [0.2, 0.25) is 0 Å². The lowest BCUT2D eigenvalue weighted by atomic mass is 10.1. The number of rotatable bonds is 4. The minimum atomic E-state index is -3.66. The highest BCUT2D eigenvalue weighted by Crippen LogP contribution is 2.22. The molecule has 0 aliphatic rings. The van der Waals surface area contributed by atoms with Crippen LogP contribution in [0.5, 0.6) is 0 Å². The average molecular weight is 282 g/mol. The van der Waals surface area contributed by atoms with Crippen molar-refractivity contribution in [3.63, 3.8) is 0 Å². The van der Waals surface area contributed by atoms with Crippen molar-refractivity contribution in [1.82, 2.24) is 25.3 Å². The number of aryl methyl sites for hydroxylation is 1. The summed E-state index contributed by atoms with van der Waals surface area (Å²) in [4.78, 5) is 0.161. The summed E-state index contributed by atoms with van der Waals surface area (Å²) in [6.07, 6.45) is 0. The molecule has 8 nitrogen and oxygen atoms in total. The van der Waals surface area contributed by atoms with Gasteiger partial charge in [0, 0.05) is 5.69 Å². The van der Waals surface area contributed by atoms with E-state index >= 15 is 0 Å². The quantitative estimate of drug-likeness (QED) is 0.671. The molecule has 2 rings (SSSR count). The van der Waals surface area contributed by atoms with Crippen molar-refractivity contribution >= 4 is 15.7 Å². The minimum Gasteiger partial charge on any atom is -0.399 e. The Morgan fingerprint density at radius 2 is 2.11 bits per heavy atom. The van der Waals surface area contributed by atoms with E-state index in [4.69, 9.17) is 5.73 Å². The number of nitrogens with two attached hydrogens (primary N) is 1.